The monoisotopic (exact) mass is 494 g/mol. The molecule has 1 aliphatic heterocycles. The molecule has 1 atom stereocenters. The number of carboxylic acid groups (broad SMARTS) is 1. The molecule has 1 aromatic carbocycles. The van der Waals surface area contributed by atoms with Gasteiger partial charge >= 0.3 is 5.97 Å². The van der Waals surface area contributed by atoms with Gasteiger partial charge in [-0.2, -0.15) is 4.31 Å². The van der Waals surface area contributed by atoms with E-state index in [4.69, 9.17) is 9.47 Å². The van der Waals surface area contributed by atoms with E-state index in [-0.39, 0.29) is 17.9 Å². The molecule has 182 valence electrons. The molecule has 0 saturated heterocycles. The maximum atomic E-state index is 13.9. The molecule has 4 rings (SSSR count). The molecule has 1 N–H and O–H groups in total. The summed E-state index contributed by atoms with van der Waals surface area (Å²) in [6, 6.07) is 9.31. The summed E-state index contributed by atoms with van der Waals surface area (Å²) in [7, 11) is -4.03. The van der Waals surface area contributed by atoms with Gasteiger partial charge in [-0.25, -0.2) is 8.42 Å². The number of carboxylic acids is 1. The Morgan fingerprint density at radius 1 is 1.17 bits per heavy atom. The minimum absolute atomic E-state index is 0.00286. The van der Waals surface area contributed by atoms with Crippen molar-refractivity contribution in [2.75, 3.05) is 0 Å². The first kappa shape index (κ1) is 24.4. The smallest absolute Gasteiger partial charge is 0.307 e. The summed E-state index contributed by atoms with van der Waals surface area (Å²) >= 11 is 0. The lowest BCUT2D eigenvalue weighted by molar-refractivity contribution is -0.136. The average molecular weight is 495 g/mol. The van der Waals surface area contributed by atoms with Gasteiger partial charge in [0.25, 0.3) is 0 Å². The topological polar surface area (TPSA) is 106 Å². The molecule has 2 aliphatic rings. The van der Waals surface area contributed by atoms with E-state index in [1.165, 1.54) is 41.6 Å². The number of pyridine rings is 1. The van der Waals surface area contributed by atoms with E-state index in [1.807, 2.05) is 12.2 Å². The van der Waals surface area contributed by atoms with Crippen LogP contribution in [0, 0.1) is 0 Å². The predicted octanol–water partition coefficient (Wildman–Crippen LogP) is 4.29. The number of allylic oxidation sites excluding steroid dienone is 3. The highest BCUT2D eigenvalue weighted by Crippen LogP contribution is 2.31. The van der Waals surface area contributed by atoms with Crippen molar-refractivity contribution in [3.8, 4) is 0 Å². The van der Waals surface area contributed by atoms with E-state index in [0.717, 1.165) is 18.4 Å². The van der Waals surface area contributed by atoms with Gasteiger partial charge in [0.1, 0.15) is 23.7 Å². The molecule has 35 heavy (non-hydrogen) atoms. The maximum Gasteiger partial charge on any atom is 0.307 e. The first-order chi connectivity index (χ1) is 16.9. The molecular weight excluding hydrogens is 468 g/mol. The minimum atomic E-state index is -4.03. The van der Waals surface area contributed by atoms with Crippen LogP contribution in [0.3, 0.4) is 0 Å². The Hall–Kier alpha value is -3.69. The Labute approximate surface area is 204 Å². The van der Waals surface area contributed by atoms with Crippen LogP contribution in [-0.2, 0) is 37.3 Å². The highest BCUT2D eigenvalue weighted by molar-refractivity contribution is 7.89. The van der Waals surface area contributed by atoms with E-state index < -0.39 is 22.0 Å². The summed E-state index contributed by atoms with van der Waals surface area (Å²) < 4.78 is 40.3. The summed E-state index contributed by atoms with van der Waals surface area (Å²) in [6.45, 7) is 0.00286. The molecule has 1 aliphatic carbocycles. The fourth-order valence-electron chi connectivity index (χ4n) is 4.04. The highest BCUT2D eigenvalue weighted by Gasteiger charge is 2.36. The molecule has 2 aromatic rings. The van der Waals surface area contributed by atoms with Gasteiger partial charge in [-0.1, -0.05) is 48.1 Å². The highest BCUT2D eigenvalue weighted by atomic mass is 32.2. The quantitative estimate of drug-likeness (QED) is 0.525. The van der Waals surface area contributed by atoms with Crippen LogP contribution in [0.5, 0.6) is 0 Å². The predicted molar refractivity (Wildman–Crippen MR) is 129 cm³/mol. The van der Waals surface area contributed by atoms with Crippen molar-refractivity contribution >= 4 is 16.0 Å². The van der Waals surface area contributed by atoms with Crippen LogP contribution >= 0.6 is 0 Å². The summed E-state index contributed by atoms with van der Waals surface area (Å²) in [5, 5.41) is 9.19. The third-order valence-electron chi connectivity index (χ3n) is 5.68. The first-order valence-corrected chi connectivity index (χ1v) is 12.6. The first-order valence-electron chi connectivity index (χ1n) is 11.2. The summed E-state index contributed by atoms with van der Waals surface area (Å²) in [5.41, 5.74) is 2.33. The van der Waals surface area contributed by atoms with Gasteiger partial charge in [0, 0.05) is 18.9 Å². The van der Waals surface area contributed by atoms with Crippen molar-refractivity contribution in [1.82, 2.24) is 9.29 Å². The fourth-order valence-corrected chi connectivity index (χ4v) is 5.58. The number of sulfonamides is 1. The molecule has 1 unspecified atom stereocenters. The molecule has 8 nitrogen and oxygen atoms in total. The summed E-state index contributed by atoms with van der Waals surface area (Å²) in [4.78, 5) is 15.3. The zero-order valence-electron chi connectivity index (χ0n) is 19.0. The third kappa shape index (κ3) is 6.26. The van der Waals surface area contributed by atoms with Crippen molar-refractivity contribution in [2.45, 2.75) is 43.2 Å². The van der Waals surface area contributed by atoms with Crippen molar-refractivity contribution in [3.63, 3.8) is 0 Å². The molecule has 0 saturated carbocycles. The average Bonchev–Trinajstić information content (AvgIpc) is 2.87. The van der Waals surface area contributed by atoms with Crippen molar-refractivity contribution in [3.05, 3.63) is 108 Å². The van der Waals surface area contributed by atoms with Crippen molar-refractivity contribution in [1.29, 1.82) is 0 Å². The number of ether oxygens (including phenoxy) is 2. The Bertz CT molecular complexity index is 1280. The molecule has 0 radical (unpaired) electrons. The largest absolute Gasteiger partial charge is 0.481 e. The van der Waals surface area contributed by atoms with Gasteiger partial charge in [-0.3, -0.25) is 9.78 Å². The van der Waals surface area contributed by atoms with Crippen LogP contribution in [0.25, 0.3) is 0 Å². The van der Waals surface area contributed by atoms with Crippen LogP contribution in [0.15, 0.2) is 102 Å². The summed E-state index contributed by atoms with van der Waals surface area (Å²) in [6.07, 6.45) is 15.0. The standard InChI is InChI=1S/C26H26N2O6S/c29-26(30)16-21-8-4-9-22(14-21)18-28(35(31,32)23-10-5-11-27-17-23)24(25-19-33-12-13-34-25)15-20-6-2-1-3-7-20/h1-2,4-6,8-14,17,19,24H,3,7,15-16,18H2,(H,29,30). The van der Waals surface area contributed by atoms with E-state index in [1.54, 1.807) is 30.3 Å². The fraction of sp³-hybridized carbons (Fsp3) is 0.231. The van der Waals surface area contributed by atoms with Crippen LogP contribution in [0.4, 0.5) is 0 Å². The molecule has 9 heteroatoms. The van der Waals surface area contributed by atoms with Gasteiger partial charge in [0.15, 0.2) is 5.76 Å². The van der Waals surface area contributed by atoms with E-state index in [2.05, 4.69) is 11.1 Å². The number of nitrogens with zero attached hydrogens (tertiary/aromatic N) is 2. The van der Waals surface area contributed by atoms with Gasteiger partial charge < -0.3 is 14.6 Å². The zero-order valence-corrected chi connectivity index (χ0v) is 19.8. The number of carbonyl (C=O) groups is 1. The molecule has 0 spiro atoms. The second-order valence-electron chi connectivity index (χ2n) is 8.19. The lowest BCUT2D eigenvalue weighted by Gasteiger charge is -2.33. The van der Waals surface area contributed by atoms with Crippen LogP contribution in [0.1, 0.15) is 30.4 Å². The van der Waals surface area contributed by atoms with Crippen LogP contribution in [-0.4, -0.2) is 34.8 Å². The normalized spacial score (nSPS) is 16.1. The van der Waals surface area contributed by atoms with E-state index in [0.29, 0.717) is 23.3 Å². The number of aromatic nitrogens is 1. The zero-order chi connectivity index (χ0) is 24.7. The number of aliphatic carboxylic acids is 1. The Balaban J connectivity index is 1.77. The Morgan fingerprint density at radius 2 is 2.03 bits per heavy atom. The molecule has 0 amide bonds. The summed E-state index contributed by atoms with van der Waals surface area (Å²) in [5.74, 6) is -0.598. The van der Waals surface area contributed by atoms with E-state index >= 15 is 0 Å². The third-order valence-corrected chi connectivity index (χ3v) is 7.52. The second kappa shape index (κ2) is 11.2. The van der Waals surface area contributed by atoms with E-state index in [9.17, 15) is 18.3 Å². The molecule has 0 bridgehead atoms. The number of rotatable bonds is 10. The minimum Gasteiger partial charge on any atom is -0.481 e. The maximum absolute atomic E-state index is 13.9. The second-order valence-corrected chi connectivity index (χ2v) is 10.1. The van der Waals surface area contributed by atoms with Gasteiger partial charge in [-0.15, -0.1) is 0 Å². The lowest BCUT2D eigenvalue weighted by atomic mass is 9.97. The SMILES string of the molecule is O=C(O)Cc1cccc(CN(C(CC2=CC=CCC2)C2=COC=CO2)S(=O)(=O)c2cccnc2)c1. The van der Waals surface area contributed by atoms with Crippen LogP contribution in [0.2, 0.25) is 0 Å². The Kier molecular flexibility index (Phi) is 7.79. The molecular formula is C26H26N2O6S. The number of hydrogen-bond donors (Lipinski definition) is 1. The van der Waals surface area contributed by atoms with Gasteiger partial charge in [0.05, 0.1) is 12.5 Å². The lowest BCUT2D eigenvalue weighted by Crippen LogP contribution is -2.42. The number of hydrogen-bond acceptors (Lipinski definition) is 6. The van der Waals surface area contributed by atoms with Crippen molar-refractivity contribution in [2.24, 2.45) is 0 Å². The Morgan fingerprint density at radius 3 is 2.71 bits per heavy atom. The molecule has 0 fully saturated rings. The van der Waals surface area contributed by atoms with Crippen LogP contribution < -0.4 is 0 Å². The molecule has 1 aromatic heterocycles. The van der Waals surface area contributed by atoms with Gasteiger partial charge in [-0.05, 0) is 42.5 Å². The van der Waals surface area contributed by atoms with Crippen molar-refractivity contribution < 1.29 is 27.8 Å². The molecule has 2 heterocycles. The van der Waals surface area contributed by atoms with Gasteiger partial charge in [0.2, 0.25) is 10.0 Å². The number of benzene rings is 1.